The highest BCUT2D eigenvalue weighted by Gasteiger charge is 2.08. The van der Waals surface area contributed by atoms with Gasteiger partial charge in [0.1, 0.15) is 5.82 Å². The first-order valence-electron chi connectivity index (χ1n) is 4.67. The molecule has 1 heterocycles. The number of halogens is 1. The molecule has 0 radical (unpaired) electrons. The highest BCUT2D eigenvalue weighted by atomic mass is 35.5. The van der Waals surface area contributed by atoms with Gasteiger partial charge in [-0.2, -0.15) is 10.4 Å². The number of rotatable bonds is 2. The molecule has 0 fully saturated rings. The summed E-state index contributed by atoms with van der Waals surface area (Å²) in [7, 11) is 0. The Hall–Kier alpha value is -1.99. The van der Waals surface area contributed by atoms with Crippen molar-refractivity contribution in [3.8, 4) is 11.8 Å². The van der Waals surface area contributed by atoms with E-state index in [1.165, 1.54) is 0 Å². The Bertz CT molecular complexity index is 536. The molecule has 0 atom stereocenters. The molecular formula is C11H9ClN4. The van der Waals surface area contributed by atoms with Crippen LogP contribution in [0, 0.1) is 11.3 Å². The van der Waals surface area contributed by atoms with E-state index in [1.54, 1.807) is 23.0 Å². The van der Waals surface area contributed by atoms with Crippen molar-refractivity contribution in [2.45, 2.75) is 6.42 Å². The fourth-order valence-electron chi connectivity index (χ4n) is 1.40. The van der Waals surface area contributed by atoms with Gasteiger partial charge >= 0.3 is 0 Å². The Kier molecular flexibility index (Phi) is 2.80. The lowest BCUT2D eigenvalue weighted by Gasteiger charge is -2.04. The summed E-state index contributed by atoms with van der Waals surface area (Å²) in [5, 5.41) is 13.4. The summed E-state index contributed by atoms with van der Waals surface area (Å²) >= 11 is 5.79. The van der Waals surface area contributed by atoms with Crippen molar-refractivity contribution >= 4 is 17.4 Å². The van der Waals surface area contributed by atoms with Gasteiger partial charge in [-0.15, -0.1) is 0 Å². The molecule has 0 spiro atoms. The first kappa shape index (κ1) is 10.5. The standard InChI is InChI=1S/C11H9ClN4/c12-9-1-3-10(4-2-9)16-11(14)8(5-6-13)7-15-16/h1-4,7H,5,14H2. The van der Waals surface area contributed by atoms with Crippen LogP contribution in [0.2, 0.25) is 5.02 Å². The second kappa shape index (κ2) is 4.25. The van der Waals surface area contributed by atoms with Crippen LogP contribution in [0.3, 0.4) is 0 Å². The number of aromatic nitrogens is 2. The maximum absolute atomic E-state index is 8.60. The average molecular weight is 233 g/mol. The van der Waals surface area contributed by atoms with Crippen molar-refractivity contribution < 1.29 is 0 Å². The van der Waals surface area contributed by atoms with Gasteiger partial charge in [0.2, 0.25) is 0 Å². The van der Waals surface area contributed by atoms with Crippen LogP contribution in [0.1, 0.15) is 5.56 Å². The molecule has 0 aliphatic carbocycles. The van der Waals surface area contributed by atoms with Gasteiger partial charge in [-0.1, -0.05) is 11.6 Å². The Morgan fingerprint density at radius 3 is 2.69 bits per heavy atom. The van der Waals surface area contributed by atoms with Crippen LogP contribution < -0.4 is 5.73 Å². The van der Waals surface area contributed by atoms with E-state index in [9.17, 15) is 0 Å². The third-order valence-electron chi connectivity index (χ3n) is 2.23. The largest absolute Gasteiger partial charge is 0.383 e. The molecule has 2 N–H and O–H groups in total. The average Bonchev–Trinajstić information content (AvgIpc) is 2.63. The highest BCUT2D eigenvalue weighted by molar-refractivity contribution is 6.30. The van der Waals surface area contributed by atoms with E-state index in [2.05, 4.69) is 5.10 Å². The molecule has 2 aromatic rings. The molecule has 80 valence electrons. The van der Waals surface area contributed by atoms with Gasteiger partial charge in [0.05, 0.1) is 24.4 Å². The Balaban J connectivity index is 2.42. The van der Waals surface area contributed by atoms with E-state index >= 15 is 0 Å². The number of hydrogen-bond acceptors (Lipinski definition) is 3. The number of nitriles is 1. The summed E-state index contributed by atoms with van der Waals surface area (Å²) in [6.07, 6.45) is 1.87. The zero-order chi connectivity index (χ0) is 11.5. The Labute approximate surface area is 97.9 Å². The van der Waals surface area contributed by atoms with Gasteiger partial charge in [-0.3, -0.25) is 0 Å². The number of nitrogens with two attached hydrogens (primary N) is 1. The first-order valence-corrected chi connectivity index (χ1v) is 5.05. The van der Waals surface area contributed by atoms with Crippen LogP contribution in [-0.2, 0) is 6.42 Å². The third kappa shape index (κ3) is 1.86. The normalized spacial score (nSPS) is 10.0. The molecular weight excluding hydrogens is 224 g/mol. The number of benzene rings is 1. The predicted octanol–water partition coefficient (Wildman–Crippen LogP) is 2.17. The summed E-state index contributed by atoms with van der Waals surface area (Å²) < 4.78 is 1.59. The summed E-state index contributed by atoms with van der Waals surface area (Å²) in [5.41, 5.74) is 7.43. The fourth-order valence-corrected chi connectivity index (χ4v) is 1.53. The minimum atomic E-state index is 0.263. The third-order valence-corrected chi connectivity index (χ3v) is 2.48. The van der Waals surface area contributed by atoms with Crippen molar-refractivity contribution in [3.05, 3.63) is 41.0 Å². The Morgan fingerprint density at radius 1 is 1.38 bits per heavy atom. The maximum atomic E-state index is 8.60. The second-order valence-electron chi connectivity index (χ2n) is 3.28. The van der Waals surface area contributed by atoms with Crippen LogP contribution in [-0.4, -0.2) is 9.78 Å². The van der Waals surface area contributed by atoms with Gasteiger partial charge in [-0.25, -0.2) is 4.68 Å². The summed E-state index contributed by atoms with van der Waals surface area (Å²) in [5.74, 6) is 0.490. The minimum Gasteiger partial charge on any atom is -0.383 e. The predicted molar refractivity (Wildman–Crippen MR) is 62.3 cm³/mol. The molecule has 1 aromatic carbocycles. The highest BCUT2D eigenvalue weighted by Crippen LogP contribution is 2.19. The van der Waals surface area contributed by atoms with Crippen LogP contribution in [0.5, 0.6) is 0 Å². The van der Waals surface area contributed by atoms with Gasteiger partial charge in [0.15, 0.2) is 0 Å². The number of anilines is 1. The zero-order valence-electron chi connectivity index (χ0n) is 8.39. The number of hydrogen-bond donors (Lipinski definition) is 1. The van der Waals surface area contributed by atoms with Crippen molar-refractivity contribution in [3.63, 3.8) is 0 Å². The van der Waals surface area contributed by atoms with E-state index in [-0.39, 0.29) is 6.42 Å². The van der Waals surface area contributed by atoms with Gasteiger partial charge in [-0.05, 0) is 24.3 Å². The van der Waals surface area contributed by atoms with Gasteiger partial charge in [0, 0.05) is 10.6 Å². The molecule has 0 bridgehead atoms. The van der Waals surface area contributed by atoms with E-state index in [0.29, 0.717) is 10.8 Å². The molecule has 16 heavy (non-hydrogen) atoms. The molecule has 0 unspecified atom stereocenters. The van der Waals surface area contributed by atoms with E-state index in [1.807, 2.05) is 18.2 Å². The van der Waals surface area contributed by atoms with Gasteiger partial charge < -0.3 is 5.73 Å². The lowest BCUT2D eigenvalue weighted by molar-refractivity contribution is 0.891. The van der Waals surface area contributed by atoms with Crippen molar-refractivity contribution in [1.82, 2.24) is 9.78 Å². The monoisotopic (exact) mass is 232 g/mol. The molecule has 0 aliphatic rings. The molecule has 4 nitrogen and oxygen atoms in total. The molecule has 0 amide bonds. The lowest BCUT2D eigenvalue weighted by Crippen LogP contribution is -2.02. The first-order chi connectivity index (χ1) is 7.72. The summed E-state index contributed by atoms with van der Waals surface area (Å²) in [6, 6.07) is 9.22. The van der Waals surface area contributed by atoms with Crippen molar-refractivity contribution in [2.75, 3.05) is 5.73 Å². The summed E-state index contributed by atoms with van der Waals surface area (Å²) in [4.78, 5) is 0. The molecule has 0 aliphatic heterocycles. The molecule has 0 saturated heterocycles. The SMILES string of the molecule is N#CCc1cnn(-c2ccc(Cl)cc2)c1N. The maximum Gasteiger partial charge on any atom is 0.131 e. The molecule has 5 heteroatoms. The van der Waals surface area contributed by atoms with Crippen LogP contribution in [0.4, 0.5) is 5.82 Å². The van der Waals surface area contributed by atoms with Gasteiger partial charge in [0.25, 0.3) is 0 Å². The zero-order valence-corrected chi connectivity index (χ0v) is 9.15. The number of nitrogens with zero attached hydrogens (tertiary/aromatic N) is 3. The van der Waals surface area contributed by atoms with Crippen molar-refractivity contribution in [2.24, 2.45) is 0 Å². The molecule has 1 aromatic heterocycles. The van der Waals surface area contributed by atoms with E-state index < -0.39 is 0 Å². The molecule has 0 saturated carbocycles. The topological polar surface area (TPSA) is 67.6 Å². The smallest absolute Gasteiger partial charge is 0.131 e. The Morgan fingerprint density at radius 2 is 2.06 bits per heavy atom. The van der Waals surface area contributed by atoms with E-state index in [0.717, 1.165) is 11.3 Å². The van der Waals surface area contributed by atoms with Crippen LogP contribution in [0.15, 0.2) is 30.5 Å². The lowest BCUT2D eigenvalue weighted by atomic mass is 10.2. The quantitative estimate of drug-likeness (QED) is 0.863. The van der Waals surface area contributed by atoms with Crippen LogP contribution in [0.25, 0.3) is 5.69 Å². The fraction of sp³-hybridized carbons (Fsp3) is 0.0909. The van der Waals surface area contributed by atoms with Crippen LogP contribution >= 0.6 is 11.6 Å². The summed E-state index contributed by atoms with van der Waals surface area (Å²) in [6.45, 7) is 0. The number of nitrogen functional groups attached to an aromatic ring is 1. The second-order valence-corrected chi connectivity index (χ2v) is 3.71. The van der Waals surface area contributed by atoms with Crippen molar-refractivity contribution in [1.29, 1.82) is 5.26 Å². The van der Waals surface area contributed by atoms with E-state index in [4.69, 9.17) is 22.6 Å². The molecule has 2 rings (SSSR count). The minimum absolute atomic E-state index is 0.263.